The van der Waals surface area contributed by atoms with Crippen molar-refractivity contribution in [3.05, 3.63) is 115 Å². The van der Waals surface area contributed by atoms with E-state index in [1.807, 2.05) is 42.5 Å². The topological polar surface area (TPSA) is 53.4 Å². The molecule has 154 valence electrons. The number of rotatable bonds is 4. The van der Waals surface area contributed by atoms with Gasteiger partial charge in [0.25, 0.3) is 0 Å². The van der Waals surface area contributed by atoms with E-state index >= 15 is 0 Å². The minimum atomic E-state index is 0.266. The molecule has 4 aromatic carbocycles. The van der Waals surface area contributed by atoms with Gasteiger partial charge in [0.15, 0.2) is 0 Å². The maximum Gasteiger partial charge on any atom is 0.115 e. The number of nitrogens with zero attached hydrogens (tertiary/aromatic N) is 1. The lowest BCUT2D eigenvalue weighted by molar-refractivity contribution is 0.475. The van der Waals surface area contributed by atoms with Crippen LogP contribution >= 0.6 is 0 Å². The van der Waals surface area contributed by atoms with Crippen molar-refractivity contribution in [1.82, 2.24) is 4.98 Å². The van der Waals surface area contributed by atoms with E-state index in [4.69, 9.17) is 4.98 Å². The fraction of sp³-hybridized carbons (Fsp3) is 0. The maximum absolute atomic E-state index is 9.48. The van der Waals surface area contributed by atoms with Crippen molar-refractivity contribution in [1.29, 1.82) is 0 Å². The molecule has 0 saturated carbocycles. The third kappa shape index (κ3) is 4.09. The molecule has 1 aromatic heterocycles. The summed E-state index contributed by atoms with van der Waals surface area (Å²) in [5.41, 5.74) is 8.24. The Labute approximate surface area is 186 Å². The molecule has 0 spiro atoms. The van der Waals surface area contributed by atoms with Crippen LogP contribution in [0.25, 0.3) is 44.8 Å². The van der Waals surface area contributed by atoms with Crippen LogP contribution in [0.1, 0.15) is 0 Å². The van der Waals surface area contributed by atoms with Gasteiger partial charge >= 0.3 is 0 Å². The number of phenols is 2. The largest absolute Gasteiger partial charge is 0.508 e. The van der Waals surface area contributed by atoms with Crippen LogP contribution in [-0.2, 0) is 0 Å². The van der Waals surface area contributed by atoms with E-state index in [9.17, 15) is 10.2 Å². The predicted octanol–water partition coefficient (Wildman–Crippen LogP) is 7.16. The van der Waals surface area contributed by atoms with Gasteiger partial charge in [0.05, 0.1) is 11.4 Å². The molecular weight excluding hydrogens is 394 g/mol. The third-order valence-corrected chi connectivity index (χ3v) is 5.51. The van der Waals surface area contributed by atoms with E-state index in [0.717, 1.165) is 44.8 Å². The average molecular weight is 415 g/mol. The number of aromatic nitrogens is 1. The molecule has 5 aromatic rings. The summed E-state index contributed by atoms with van der Waals surface area (Å²) in [6, 6.07) is 37.1. The van der Waals surface area contributed by atoms with Crippen molar-refractivity contribution in [3.8, 4) is 56.3 Å². The second-order valence-corrected chi connectivity index (χ2v) is 7.66. The van der Waals surface area contributed by atoms with E-state index in [0.29, 0.717) is 0 Å². The molecule has 5 rings (SSSR count). The first kappa shape index (κ1) is 19.6. The van der Waals surface area contributed by atoms with Crippen LogP contribution in [0.2, 0.25) is 0 Å². The molecule has 0 atom stereocenters. The van der Waals surface area contributed by atoms with Crippen LogP contribution in [0, 0.1) is 0 Å². The van der Waals surface area contributed by atoms with Crippen LogP contribution in [-0.4, -0.2) is 15.2 Å². The fourth-order valence-corrected chi connectivity index (χ4v) is 3.73. The first-order valence-corrected chi connectivity index (χ1v) is 10.4. The average Bonchev–Trinajstić information content (AvgIpc) is 2.85. The van der Waals surface area contributed by atoms with Gasteiger partial charge < -0.3 is 10.2 Å². The van der Waals surface area contributed by atoms with Gasteiger partial charge in [-0.1, -0.05) is 78.9 Å². The minimum absolute atomic E-state index is 0.266. The highest BCUT2D eigenvalue weighted by molar-refractivity contribution is 5.72. The summed E-state index contributed by atoms with van der Waals surface area (Å²) in [4.78, 5) is 4.88. The van der Waals surface area contributed by atoms with Crippen molar-refractivity contribution in [2.75, 3.05) is 0 Å². The zero-order valence-corrected chi connectivity index (χ0v) is 17.3. The van der Waals surface area contributed by atoms with E-state index < -0.39 is 0 Å². The van der Waals surface area contributed by atoms with Crippen LogP contribution in [0.5, 0.6) is 11.5 Å². The zero-order valence-electron chi connectivity index (χ0n) is 17.3. The Morgan fingerprint density at radius 2 is 0.625 bits per heavy atom. The Morgan fingerprint density at radius 3 is 0.969 bits per heavy atom. The number of hydrogen-bond donors (Lipinski definition) is 2. The molecule has 0 bridgehead atoms. The van der Waals surface area contributed by atoms with Crippen LogP contribution in [0.15, 0.2) is 115 Å². The standard InChI is InChI=1S/C29H21NO2/c31-26-16-12-22(13-17-26)20-4-8-24(9-5-20)28-2-1-3-29(30-28)25-10-6-21(7-11-25)23-14-18-27(32)19-15-23/h1-19,31-32H. The first-order chi connectivity index (χ1) is 15.7. The second-order valence-electron chi connectivity index (χ2n) is 7.66. The summed E-state index contributed by atoms with van der Waals surface area (Å²) >= 11 is 0. The van der Waals surface area contributed by atoms with Crippen molar-refractivity contribution in [2.24, 2.45) is 0 Å². The Balaban J connectivity index is 1.39. The Kier molecular flexibility index (Phi) is 5.14. The fourth-order valence-electron chi connectivity index (χ4n) is 3.73. The molecule has 0 aliphatic heterocycles. The van der Waals surface area contributed by atoms with Gasteiger partial charge in [0.1, 0.15) is 11.5 Å². The summed E-state index contributed by atoms with van der Waals surface area (Å²) in [7, 11) is 0. The highest BCUT2D eigenvalue weighted by Gasteiger charge is 2.06. The van der Waals surface area contributed by atoms with E-state index in [1.54, 1.807) is 24.3 Å². The molecule has 1 heterocycles. The van der Waals surface area contributed by atoms with Crippen molar-refractivity contribution < 1.29 is 10.2 Å². The van der Waals surface area contributed by atoms with Gasteiger partial charge in [-0.25, -0.2) is 4.98 Å². The summed E-state index contributed by atoms with van der Waals surface area (Å²) in [6.45, 7) is 0. The predicted molar refractivity (Wildman–Crippen MR) is 129 cm³/mol. The summed E-state index contributed by atoms with van der Waals surface area (Å²) < 4.78 is 0. The van der Waals surface area contributed by atoms with Gasteiger partial charge in [-0.05, 0) is 58.7 Å². The Morgan fingerprint density at radius 1 is 0.344 bits per heavy atom. The minimum Gasteiger partial charge on any atom is -0.508 e. The van der Waals surface area contributed by atoms with Crippen molar-refractivity contribution in [2.45, 2.75) is 0 Å². The van der Waals surface area contributed by atoms with Gasteiger partial charge in [-0.15, -0.1) is 0 Å². The van der Waals surface area contributed by atoms with E-state index in [-0.39, 0.29) is 11.5 Å². The molecule has 0 saturated heterocycles. The van der Waals surface area contributed by atoms with Crippen LogP contribution in [0.3, 0.4) is 0 Å². The lowest BCUT2D eigenvalue weighted by Crippen LogP contribution is -1.88. The molecule has 3 heteroatoms. The highest BCUT2D eigenvalue weighted by Crippen LogP contribution is 2.28. The van der Waals surface area contributed by atoms with E-state index in [2.05, 4.69) is 48.5 Å². The molecule has 3 nitrogen and oxygen atoms in total. The zero-order chi connectivity index (χ0) is 21.9. The Hall–Kier alpha value is -4.37. The number of benzene rings is 4. The molecule has 0 aliphatic carbocycles. The van der Waals surface area contributed by atoms with Crippen LogP contribution in [0.4, 0.5) is 0 Å². The smallest absolute Gasteiger partial charge is 0.115 e. The molecular formula is C29H21NO2. The summed E-state index contributed by atoms with van der Waals surface area (Å²) in [5, 5.41) is 19.0. The SMILES string of the molecule is Oc1ccc(-c2ccc(-c3cccc(-c4ccc(-c5ccc(O)cc5)cc4)n3)cc2)cc1. The molecule has 0 amide bonds. The monoisotopic (exact) mass is 415 g/mol. The summed E-state index contributed by atoms with van der Waals surface area (Å²) in [5.74, 6) is 0.532. The highest BCUT2D eigenvalue weighted by atomic mass is 16.3. The number of hydrogen-bond acceptors (Lipinski definition) is 3. The van der Waals surface area contributed by atoms with Crippen molar-refractivity contribution >= 4 is 0 Å². The molecule has 0 radical (unpaired) electrons. The molecule has 0 fully saturated rings. The third-order valence-electron chi connectivity index (χ3n) is 5.51. The molecule has 2 N–H and O–H groups in total. The first-order valence-electron chi connectivity index (χ1n) is 10.4. The quantitative estimate of drug-likeness (QED) is 0.327. The number of aromatic hydroxyl groups is 2. The maximum atomic E-state index is 9.48. The van der Waals surface area contributed by atoms with Crippen molar-refractivity contribution in [3.63, 3.8) is 0 Å². The number of pyridine rings is 1. The molecule has 32 heavy (non-hydrogen) atoms. The normalized spacial score (nSPS) is 10.8. The van der Waals surface area contributed by atoms with Gasteiger partial charge in [0, 0.05) is 11.1 Å². The van der Waals surface area contributed by atoms with Gasteiger partial charge in [0.2, 0.25) is 0 Å². The molecule has 0 unspecified atom stereocenters. The lowest BCUT2D eigenvalue weighted by atomic mass is 10.0. The van der Waals surface area contributed by atoms with Gasteiger partial charge in [-0.3, -0.25) is 0 Å². The second kappa shape index (κ2) is 8.40. The van der Waals surface area contributed by atoms with E-state index in [1.165, 1.54) is 0 Å². The molecule has 0 aliphatic rings. The van der Waals surface area contributed by atoms with Crippen LogP contribution < -0.4 is 0 Å². The summed E-state index contributed by atoms with van der Waals surface area (Å²) in [6.07, 6.45) is 0. The number of phenolic OH excluding ortho intramolecular Hbond substituents is 2. The Bertz CT molecular complexity index is 1230. The van der Waals surface area contributed by atoms with Gasteiger partial charge in [-0.2, -0.15) is 0 Å². The lowest BCUT2D eigenvalue weighted by Gasteiger charge is -2.08.